The number of aromatic nitrogens is 6. The van der Waals surface area contributed by atoms with Crippen molar-refractivity contribution in [2.24, 2.45) is 0 Å². The summed E-state index contributed by atoms with van der Waals surface area (Å²) in [6.07, 6.45) is 6.40. The zero-order valence-corrected chi connectivity index (χ0v) is 18.2. The van der Waals surface area contributed by atoms with Crippen molar-refractivity contribution in [3.63, 3.8) is 0 Å². The first-order valence-electron chi connectivity index (χ1n) is 9.81. The summed E-state index contributed by atoms with van der Waals surface area (Å²) < 4.78 is 22.1. The summed E-state index contributed by atoms with van der Waals surface area (Å²) in [5.74, 6) is -0.480. The topological polar surface area (TPSA) is 89.1 Å². The van der Waals surface area contributed by atoms with E-state index in [-0.39, 0.29) is 12.7 Å². The molecule has 32 heavy (non-hydrogen) atoms. The van der Waals surface area contributed by atoms with Crippen molar-refractivity contribution in [3.05, 3.63) is 83.1 Å². The van der Waals surface area contributed by atoms with E-state index < -0.39 is 5.79 Å². The van der Waals surface area contributed by atoms with Crippen LogP contribution in [0.3, 0.4) is 0 Å². The molecule has 1 aliphatic heterocycles. The molecule has 2 aromatic heterocycles. The predicted molar refractivity (Wildman–Crippen MR) is 116 cm³/mol. The average Bonchev–Trinajstić information content (AvgIpc) is 3.56. The summed E-state index contributed by atoms with van der Waals surface area (Å²) in [6, 6.07) is 12.7. The highest BCUT2D eigenvalue weighted by Crippen LogP contribution is 2.40. The molecule has 0 bridgehead atoms. The third-order valence-corrected chi connectivity index (χ3v) is 5.58. The summed E-state index contributed by atoms with van der Waals surface area (Å²) in [6.45, 7) is 0.947. The number of hydrogen-bond acceptors (Lipinski definition) is 7. The SMILES string of the molecule is Clc1ccc(C2(Cn3ccnc3)OCC(COc3ccccc3-n3cnnn3)O2)c(Cl)c1. The number of hydrogen-bond donors (Lipinski definition) is 0. The van der Waals surface area contributed by atoms with Crippen LogP contribution in [0.5, 0.6) is 5.75 Å². The second-order valence-corrected chi connectivity index (χ2v) is 8.04. The minimum atomic E-state index is -1.11. The van der Waals surface area contributed by atoms with Crippen LogP contribution in [0.15, 0.2) is 67.5 Å². The van der Waals surface area contributed by atoms with Gasteiger partial charge in [0.05, 0.1) is 24.5 Å². The Bertz CT molecular complexity index is 1190. The molecule has 5 rings (SSSR count). The number of ether oxygens (including phenoxy) is 3. The van der Waals surface area contributed by atoms with Gasteiger partial charge in [0.15, 0.2) is 0 Å². The van der Waals surface area contributed by atoms with Crippen molar-refractivity contribution >= 4 is 23.2 Å². The van der Waals surface area contributed by atoms with Gasteiger partial charge in [-0.15, -0.1) is 5.10 Å². The highest BCUT2D eigenvalue weighted by Gasteiger charge is 2.45. The number of tetrazole rings is 1. The largest absolute Gasteiger partial charge is 0.489 e. The maximum Gasteiger partial charge on any atom is 0.215 e. The summed E-state index contributed by atoms with van der Waals surface area (Å²) in [5, 5.41) is 12.3. The minimum absolute atomic E-state index is 0.260. The lowest BCUT2D eigenvalue weighted by Gasteiger charge is -2.30. The predicted octanol–water partition coefficient (Wildman–Crippen LogP) is 3.51. The van der Waals surface area contributed by atoms with E-state index in [1.165, 1.54) is 11.0 Å². The molecule has 0 radical (unpaired) electrons. The van der Waals surface area contributed by atoms with Crippen molar-refractivity contribution in [2.75, 3.05) is 13.2 Å². The number of imidazole rings is 1. The van der Waals surface area contributed by atoms with Crippen LogP contribution < -0.4 is 4.74 Å². The third-order valence-electron chi connectivity index (χ3n) is 5.04. The third kappa shape index (κ3) is 4.20. The van der Waals surface area contributed by atoms with Gasteiger partial charge in [0.1, 0.15) is 30.5 Å². The van der Waals surface area contributed by atoms with E-state index in [9.17, 15) is 0 Å². The number of nitrogens with zero attached hydrogens (tertiary/aromatic N) is 6. The van der Waals surface area contributed by atoms with E-state index in [2.05, 4.69) is 20.5 Å². The number of benzene rings is 2. The fraction of sp³-hybridized carbons (Fsp3) is 0.238. The lowest BCUT2D eigenvalue weighted by Crippen LogP contribution is -2.34. The molecular weight excluding hydrogens is 455 g/mol. The van der Waals surface area contributed by atoms with Gasteiger partial charge in [-0.3, -0.25) is 0 Å². The van der Waals surface area contributed by atoms with Crippen LogP contribution >= 0.6 is 23.2 Å². The molecule has 2 aromatic carbocycles. The second kappa shape index (κ2) is 8.87. The van der Waals surface area contributed by atoms with E-state index in [1.54, 1.807) is 24.7 Å². The van der Waals surface area contributed by atoms with E-state index in [0.29, 0.717) is 34.5 Å². The van der Waals surface area contributed by atoms with Crippen molar-refractivity contribution in [1.82, 2.24) is 29.8 Å². The quantitative estimate of drug-likeness (QED) is 0.406. The van der Waals surface area contributed by atoms with Gasteiger partial charge in [-0.05, 0) is 34.7 Å². The molecular formula is C21H18Cl2N6O3. The lowest BCUT2D eigenvalue weighted by molar-refractivity contribution is -0.189. The molecule has 9 nitrogen and oxygen atoms in total. The van der Waals surface area contributed by atoms with Gasteiger partial charge in [-0.1, -0.05) is 41.4 Å². The summed E-state index contributed by atoms with van der Waals surface area (Å²) in [5.41, 5.74) is 1.41. The fourth-order valence-electron chi connectivity index (χ4n) is 3.60. The first-order chi connectivity index (χ1) is 15.6. The molecule has 3 heterocycles. The van der Waals surface area contributed by atoms with Crippen molar-refractivity contribution in [1.29, 1.82) is 0 Å². The van der Waals surface area contributed by atoms with Crippen molar-refractivity contribution in [2.45, 2.75) is 18.4 Å². The van der Waals surface area contributed by atoms with Crippen molar-refractivity contribution in [3.8, 4) is 11.4 Å². The Kier molecular flexibility index (Phi) is 5.79. The van der Waals surface area contributed by atoms with Gasteiger partial charge in [-0.25, -0.2) is 4.98 Å². The van der Waals surface area contributed by atoms with Crippen molar-refractivity contribution < 1.29 is 14.2 Å². The monoisotopic (exact) mass is 472 g/mol. The van der Waals surface area contributed by atoms with Gasteiger partial charge < -0.3 is 18.8 Å². The fourth-order valence-corrected chi connectivity index (χ4v) is 4.15. The number of rotatable bonds is 7. The van der Waals surface area contributed by atoms with Crippen LogP contribution in [-0.4, -0.2) is 49.1 Å². The Morgan fingerprint density at radius 1 is 1.16 bits per heavy atom. The van der Waals surface area contributed by atoms with Crippen LogP contribution in [0.4, 0.5) is 0 Å². The van der Waals surface area contributed by atoms with E-state index >= 15 is 0 Å². The highest BCUT2D eigenvalue weighted by atomic mass is 35.5. The molecule has 1 aliphatic rings. The van der Waals surface area contributed by atoms with Gasteiger partial charge in [-0.2, -0.15) is 4.68 Å². The van der Waals surface area contributed by atoms with Crippen LogP contribution in [-0.2, 0) is 21.8 Å². The molecule has 0 saturated carbocycles. The molecule has 4 aromatic rings. The average molecular weight is 473 g/mol. The standard InChI is InChI=1S/C21H18Cl2N6O3/c22-15-5-6-17(18(23)9-15)21(12-28-8-7-24-13-28)31-11-16(32-21)10-30-20-4-2-1-3-19(20)29-14-25-26-27-29/h1-9,13-14,16H,10-12H2. The number of para-hydroxylation sites is 2. The summed E-state index contributed by atoms with van der Waals surface area (Å²) >= 11 is 12.6. The van der Waals surface area contributed by atoms with Gasteiger partial charge in [0.25, 0.3) is 0 Å². The normalized spacial score (nSPS) is 20.5. The number of halogens is 2. The van der Waals surface area contributed by atoms with E-state index in [0.717, 1.165) is 5.69 Å². The van der Waals surface area contributed by atoms with E-state index in [1.807, 2.05) is 41.1 Å². The molecule has 11 heteroatoms. The van der Waals surface area contributed by atoms with Crippen LogP contribution in [0.25, 0.3) is 5.69 Å². The smallest absolute Gasteiger partial charge is 0.215 e. The minimum Gasteiger partial charge on any atom is -0.489 e. The maximum absolute atomic E-state index is 6.52. The molecule has 0 aliphatic carbocycles. The van der Waals surface area contributed by atoms with Crippen LogP contribution in [0.1, 0.15) is 5.56 Å². The van der Waals surface area contributed by atoms with Gasteiger partial charge in [0, 0.05) is 23.0 Å². The Morgan fingerprint density at radius 3 is 2.84 bits per heavy atom. The van der Waals surface area contributed by atoms with Gasteiger partial charge in [0.2, 0.25) is 5.79 Å². The highest BCUT2D eigenvalue weighted by molar-refractivity contribution is 6.35. The second-order valence-electron chi connectivity index (χ2n) is 7.20. The summed E-state index contributed by atoms with van der Waals surface area (Å²) in [4.78, 5) is 4.11. The molecule has 0 N–H and O–H groups in total. The summed E-state index contributed by atoms with van der Waals surface area (Å²) in [7, 11) is 0. The molecule has 1 saturated heterocycles. The molecule has 0 spiro atoms. The Balaban J connectivity index is 1.37. The van der Waals surface area contributed by atoms with E-state index in [4.69, 9.17) is 37.4 Å². The Morgan fingerprint density at radius 2 is 2.06 bits per heavy atom. The molecule has 1 fully saturated rings. The molecule has 2 unspecified atom stereocenters. The Labute approximate surface area is 193 Å². The molecule has 2 atom stereocenters. The van der Waals surface area contributed by atoms with Crippen LogP contribution in [0, 0.1) is 0 Å². The first kappa shape index (κ1) is 20.9. The van der Waals surface area contributed by atoms with Gasteiger partial charge >= 0.3 is 0 Å². The lowest BCUT2D eigenvalue weighted by atomic mass is 10.1. The first-order valence-corrected chi connectivity index (χ1v) is 10.6. The maximum atomic E-state index is 6.52. The zero-order chi connectivity index (χ0) is 22.0. The van der Waals surface area contributed by atoms with Crippen LogP contribution in [0.2, 0.25) is 10.0 Å². The molecule has 0 amide bonds. The zero-order valence-electron chi connectivity index (χ0n) is 16.7. The molecule has 164 valence electrons. The Hall–Kier alpha value is -2.98.